The molecule has 0 fully saturated rings. The number of anilines is 1. The number of aromatic nitrogens is 2. The van der Waals surface area contributed by atoms with Crippen molar-refractivity contribution in [1.82, 2.24) is 14.3 Å². The van der Waals surface area contributed by atoms with Crippen LogP contribution in [0.5, 0.6) is 0 Å². The van der Waals surface area contributed by atoms with Crippen molar-refractivity contribution in [2.24, 2.45) is 7.05 Å². The Kier molecular flexibility index (Phi) is 4.34. The predicted molar refractivity (Wildman–Crippen MR) is 82.2 cm³/mol. The van der Waals surface area contributed by atoms with Gasteiger partial charge in [-0.2, -0.15) is 0 Å². The van der Waals surface area contributed by atoms with Crippen molar-refractivity contribution in [3.05, 3.63) is 41.7 Å². The maximum Gasteiger partial charge on any atom is 0.260 e. The smallest absolute Gasteiger partial charge is 0.260 e. The number of rotatable bonds is 5. The molecule has 0 radical (unpaired) electrons. The third kappa shape index (κ3) is 3.43. The number of hydrogen-bond acceptors (Lipinski definition) is 4. The van der Waals surface area contributed by atoms with E-state index in [1.807, 2.05) is 24.3 Å². The summed E-state index contributed by atoms with van der Waals surface area (Å²) in [6, 6.07) is 7.86. The fourth-order valence-corrected chi connectivity index (χ4v) is 3.28. The maximum atomic E-state index is 12.2. The molecule has 2 rings (SSSR count). The zero-order chi connectivity index (χ0) is 15.6. The van der Waals surface area contributed by atoms with Gasteiger partial charge in [0.1, 0.15) is 0 Å². The lowest BCUT2D eigenvalue weighted by Crippen LogP contribution is -2.26. The van der Waals surface area contributed by atoms with E-state index in [1.54, 1.807) is 7.05 Å². The van der Waals surface area contributed by atoms with Crippen LogP contribution in [0, 0.1) is 0 Å². The van der Waals surface area contributed by atoms with Gasteiger partial charge >= 0.3 is 0 Å². The van der Waals surface area contributed by atoms with E-state index in [2.05, 4.69) is 23.6 Å². The largest absolute Gasteiger partial charge is 0.381 e. The second kappa shape index (κ2) is 5.87. The number of sulfonamides is 1. The average molecular weight is 308 g/mol. The number of nitrogens with two attached hydrogens (primary N) is 1. The molecule has 6 nitrogen and oxygen atoms in total. The number of aryl methyl sites for hydroxylation is 1. The summed E-state index contributed by atoms with van der Waals surface area (Å²) in [5, 5.41) is -0.0127. The molecular weight excluding hydrogens is 288 g/mol. The third-order valence-corrected chi connectivity index (χ3v) is 4.81. The van der Waals surface area contributed by atoms with Gasteiger partial charge in [-0.25, -0.2) is 18.1 Å². The van der Waals surface area contributed by atoms with Crippen molar-refractivity contribution in [3.8, 4) is 0 Å². The number of benzene rings is 1. The van der Waals surface area contributed by atoms with Gasteiger partial charge in [0.05, 0.1) is 6.33 Å². The van der Waals surface area contributed by atoms with Crippen LogP contribution in [0.2, 0.25) is 0 Å². The monoisotopic (exact) mass is 308 g/mol. The molecule has 114 valence electrons. The highest BCUT2D eigenvalue weighted by molar-refractivity contribution is 7.89. The van der Waals surface area contributed by atoms with Crippen LogP contribution < -0.4 is 10.5 Å². The molecule has 0 saturated carbocycles. The summed E-state index contributed by atoms with van der Waals surface area (Å²) >= 11 is 0. The molecule has 0 atom stereocenters. The SMILES string of the molecule is CC(C)c1ccc(CNS(=O)(=O)c2c(N)ncn2C)cc1. The van der Waals surface area contributed by atoms with Crippen LogP contribution in [-0.2, 0) is 23.6 Å². The molecule has 1 heterocycles. The zero-order valence-corrected chi connectivity index (χ0v) is 13.2. The van der Waals surface area contributed by atoms with E-state index in [0.717, 1.165) is 5.56 Å². The number of imidazole rings is 1. The van der Waals surface area contributed by atoms with Crippen molar-refractivity contribution in [2.45, 2.75) is 31.3 Å². The van der Waals surface area contributed by atoms with Crippen LogP contribution >= 0.6 is 0 Å². The number of nitrogens with one attached hydrogen (secondary N) is 1. The van der Waals surface area contributed by atoms with Crippen molar-refractivity contribution >= 4 is 15.8 Å². The number of hydrogen-bond donors (Lipinski definition) is 2. The summed E-state index contributed by atoms with van der Waals surface area (Å²) in [5.41, 5.74) is 7.71. The molecule has 2 aromatic rings. The Bertz CT molecular complexity index is 698. The first-order valence-corrected chi connectivity index (χ1v) is 8.15. The quantitative estimate of drug-likeness (QED) is 0.878. The molecule has 1 aromatic heterocycles. The fourth-order valence-electron chi connectivity index (χ4n) is 2.03. The zero-order valence-electron chi connectivity index (χ0n) is 12.4. The maximum absolute atomic E-state index is 12.2. The topological polar surface area (TPSA) is 90.0 Å². The minimum absolute atomic E-state index is 0.000144. The molecule has 7 heteroatoms. The van der Waals surface area contributed by atoms with Crippen molar-refractivity contribution in [2.75, 3.05) is 5.73 Å². The third-order valence-electron chi connectivity index (χ3n) is 3.28. The van der Waals surface area contributed by atoms with E-state index < -0.39 is 10.0 Å². The Labute approximate surface area is 125 Å². The van der Waals surface area contributed by atoms with Gasteiger partial charge in [0.2, 0.25) is 0 Å². The minimum atomic E-state index is -3.68. The van der Waals surface area contributed by atoms with E-state index in [-0.39, 0.29) is 17.4 Å². The van der Waals surface area contributed by atoms with Crippen LogP contribution in [0.4, 0.5) is 5.82 Å². The number of nitrogen functional groups attached to an aromatic ring is 1. The molecule has 0 aliphatic heterocycles. The van der Waals surface area contributed by atoms with E-state index in [1.165, 1.54) is 16.5 Å². The van der Waals surface area contributed by atoms with Crippen molar-refractivity contribution in [1.29, 1.82) is 0 Å². The normalized spacial score (nSPS) is 12.0. The van der Waals surface area contributed by atoms with Gasteiger partial charge in [-0.05, 0) is 17.0 Å². The molecule has 0 bridgehead atoms. The van der Waals surface area contributed by atoms with Crippen LogP contribution in [0.15, 0.2) is 35.6 Å². The van der Waals surface area contributed by atoms with Gasteiger partial charge in [0.25, 0.3) is 10.0 Å². The van der Waals surface area contributed by atoms with E-state index in [0.29, 0.717) is 5.92 Å². The lowest BCUT2D eigenvalue weighted by molar-refractivity contribution is 0.571. The minimum Gasteiger partial charge on any atom is -0.381 e. The van der Waals surface area contributed by atoms with Crippen molar-refractivity contribution < 1.29 is 8.42 Å². The van der Waals surface area contributed by atoms with Crippen molar-refractivity contribution in [3.63, 3.8) is 0 Å². The summed E-state index contributed by atoms with van der Waals surface area (Å²) in [7, 11) is -2.08. The van der Waals surface area contributed by atoms with Gasteiger partial charge in [-0.1, -0.05) is 38.1 Å². The molecule has 0 aliphatic rings. The Morgan fingerprint density at radius 1 is 1.29 bits per heavy atom. The summed E-state index contributed by atoms with van der Waals surface area (Å²) in [5.74, 6) is 0.449. The molecule has 0 unspecified atom stereocenters. The average Bonchev–Trinajstić information content (AvgIpc) is 2.77. The van der Waals surface area contributed by atoms with Gasteiger partial charge in [0, 0.05) is 13.6 Å². The molecule has 1 aromatic carbocycles. The number of nitrogens with zero attached hydrogens (tertiary/aromatic N) is 2. The van der Waals surface area contributed by atoms with Gasteiger partial charge in [-0.15, -0.1) is 0 Å². The second-order valence-corrected chi connectivity index (χ2v) is 6.95. The molecule has 3 N–H and O–H groups in total. The van der Waals surface area contributed by atoms with E-state index >= 15 is 0 Å². The first-order valence-electron chi connectivity index (χ1n) is 6.66. The molecule has 0 amide bonds. The highest BCUT2D eigenvalue weighted by Gasteiger charge is 2.21. The highest BCUT2D eigenvalue weighted by atomic mass is 32.2. The Morgan fingerprint density at radius 2 is 1.90 bits per heavy atom. The molecular formula is C14H20N4O2S. The standard InChI is InChI=1S/C14H20N4O2S/c1-10(2)12-6-4-11(5-7-12)8-17-21(19,20)14-13(15)16-9-18(14)3/h4-7,9-10,17H,8,15H2,1-3H3. The second-order valence-electron chi connectivity index (χ2n) is 5.27. The van der Waals surface area contributed by atoms with Crippen LogP contribution in [0.3, 0.4) is 0 Å². The van der Waals surface area contributed by atoms with Gasteiger partial charge in [0.15, 0.2) is 10.8 Å². The fraction of sp³-hybridized carbons (Fsp3) is 0.357. The van der Waals surface area contributed by atoms with E-state index in [4.69, 9.17) is 5.73 Å². The molecule has 21 heavy (non-hydrogen) atoms. The van der Waals surface area contributed by atoms with E-state index in [9.17, 15) is 8.42 Å². The summed E-state index contributed by atoms with van der Waals surface area (Å²) in [6.07, 6.45) is 1.38. The highest BCUT2D eigenvalue weighted by Crippen LogP contribution is 2.17. The lowest BCUT2D eigenvalue weighted by atomic mass is 10.0. The molecule has 0 aliphatic carbocycles. The Morgan fingerprint density at radius 3 is 2.38 bits per heavy atom. The molecule has 0 saturated heterocycles. The first-order chi connectivity index (χ1) is 9.81. The Balaban J connectivity index is 2.12. The van der Waals surface area contributed by atoms with Crippen LogP contribution in [0.1, 0.15) is 30.9 Å². The molecule has 0 spiro atoms. The first kappa shape index (κ1) is 15.5. The van der Waals surface area contributed by atoms with Crippen LogP contribution in [-0.4, -0.2) is 18.0 Å². The van der Waals surface area contributed by atoms with Crippen LogP contribution in [0.25, 0.3) is 0 Å². The van der Waals surface area contributed by atoms with Gasteiger partial charge in [-0.3, -0.25) is 0 Å². The predicted octanol–water partition coefficient (Wildman–Crippen LogP) is 1.60. The summed E-state index contributed by atoms with van der Waals surface area (Å²) in [6.45, 7) is 4.44. The lowest BCUT2D eigenvalue weighted by Gasteiger charge is -2.09. The van der Waals surface area contributed by atoms with Gasteiger partial charge < -0.3 is 10.3 Å². The summed E-state index contributed by atoms with van der Waals surface area (Å²) in [4.78, 5) is 3.79. The summed E-state index contributed by atoms with van der Waals surface area (Å²) < 4.78 is 28.4. The Hall–Kier alpha value is -1.86.